The van der Waals surface area contributed by atoms with E-state index in [0.717, 1.165) is 37.4 Å². The summed E-state index contributed by atoms with van der Waals surface area (Å²) in [6.45, 7) is 2.44. The van der Waals surface area contributed by atoms with Crippen LogP contribution in [-0.4, -0.2) is 62.2 Å². The predicted molar refractivity (Wildman–Crippen MR) is 107 cm³/mol. The van der Waals surface area contributed by atoms with E-state index in [-0.39, 0.29) is 18.2 Å². The first-order valence-corrected chi connectivity index (χ1v) is 10.2. The molecule has 2 saturated heterocycles. The lowest BCUT2D eigenvalue weighted by molar-refractivity contribution is -0.127. The molecule has 4 amide bonds. The van der Waals surface area contributed by atoms with Crippen LogP contribution in [0.5, 0.6) is 5.75 Å². The second-order valence-electron chi connectivity index (χ2n) is 7.49. The van der Waals surface area contributed by atoms with E-state index in [1.165, 1.54) is 4.90 Å². The number of ether oxygens (including phenoxy) is 2. The molecule has 3 rings (SSSR count). The number of imide groups is 1. The molecule has 2 aliphatic heterocycles. The summed E-state index contributed by atoms with van der Waals surface area (Å²) in [5.41, 5.74) is 1.02. The van der Waals surface area contributed by atoms with Gasteiger partial charge in [0.1, 0.15) is 11.8 Å². The Balaban J connectivity index is 1.40. The van der Waals surface area contributed by atoms with Crippen molar-refractivity contribution in [2.24, 2.45) is 5.92 Å². The lowest BCUT2D eigenvalue weighted by Gasteiger charge is -2.22. The Labute approximate surface area is 170 Å². The number of hydrogen-bond acceptors (Lipinski definition) is 5. The highest BCUT2D eigenvalue weighted by Gasteiger charge is 2.37. The SMILES string of the molecule is COc1ccc(CCN2C(=O)N[C@@H](CCC(=O)NCC3CCOCC3)C2=O)cc1. The van der Waals surface area contributed by atoms with Gasteiger partial charge in [0.2, 0.25) is 5.91 Å². The molecule has 1 atom stereocenters. The zero-order valence-electron chi connectivity index (χ0n) is 16.8. The van der Waals surface area contributed by atoms with Crippen molar-refractivity contribution in [3.8, 4) is 5.75 Å². The van der Waals surface area contributed by atoms with Crippen LogP contribution in [0.15, 0.2) is 24.3 Å². The number of nitrogens with one attached hydrogen (secondary N) is 2. The number of nitrogens with zero attached hydrogens (tertiary/aromatic N) is 1. The molecule has 29 heavy (non-hydrogen) atoms. The Morgan fingerprint density at radius 2 is 1.97 bits per heavy atom. The normalized spacial score (nSPS) is 19.9. The Bertz CT molecular complexity index is 716. The summed E-state index contributed by atoms with van der Waals surface area (Å²) in [7, 11) is 1.60. The highest BCUT2D eigenvalue weighted by atomic mass is 16.5. The fraction of sp³-hybridized carbons (Fsp3) is 0.571. The average molecular weight is 403 g/mol. The van der Waals surface area contributed by atoms with Crippen LogP contribution in [-0.2, 0) is 20.7 Å². The maximum Gasteiger partial charge on any atom is 0.324 e. The van der Waals surface area contributed by atoms with E-state index in [1.54, 1.807) is 7.11 Å². The molecule has 0 bridgehead atoms. The molecule has 0 saturated carbocycles. The first-order chi connectivity index (χ1) is 14.1. The smallest absolute Gasteiger partial charge is 0.324 e. The van der Waals surface area contributed by atoms with Crippen LogP contribution >= 0.6 is 0 Å². The summed E-state index contributed by atoms with van der Waals surface area (Å²) in [5.74, 6) is 0.865. The lowest BCUT2D eigenvalue weighted by atomic mass is 10.0. The van der Waals surface area contributed by atoms with Gasteiger partial charge in [0.15, 0.2) is 0 Å². The average Bonchev–Trinajstić information content (AvgIpc) is 3.03. The van der Waals surface area contributed by atoms with Crippen LogP contribution in [0.4, 0.5) is 4.79 Å². The number of urea groups is 1. The summed E-state index contributed by atoms with van der Waals surface area (Å²) >= 11 is 0. The van der Waals surface area contributed by atoms with Gasteiger partial charge in [-0.05, 0) is 49.3 Å². The van der Waals surface area contributed by atoms with Crippen LogP contribution in [0.1, 0.15) is 31.2 Å². The standard InChI is InChI=1S/C21H29N3O5/c1-28-17-4-2-15(3-5-17)8-11-24-20(26)18(23-21(24)27)6-7-19(25)22-14-16-9-12-29-13-10-16/h2-5,16,18H,6-14H2,1H3,(H,22,25)(H,23,27)/t18-/m0/s1. The maximum absolute atomic E-state index is 12.5. The zero-order valence-corrected chi connectivity index (χ0v) is 16.8. The molecule has 0 aromatic heterocycles. The fourth-order valence-electron chi connectivity index (χ4n) is 3.59. The molecule has 0 spiro atoms. The van der Waals surface area contributed by atoms with Gasteiger partial charge >= 0.3 is 6.03 Å². The molecular weight excluding hydrogens is 374 g/mol. The molecular formula is C21H29N3O5. The molecule has 8 nitrogen and oxygen atoms in total. The van der Waals surface area contributed by atoms with Crippen molar-refractivity contribution < 1.29 is 23.9 Å². The Morgan fingerprint density at radius 3 is 2.66 bits per heavy atom. The number of carbonyl (C=O) groups excluding carboxylic acids is 3. The molecule has 0 aliphatic carbocycles. The van der Waals surface area contributed by atoms with E-state index in [2.05, 4.69) is 10.6 Å². The number of amides is 4. The number of rotatable bonds is 9. The third-order valence-corrected chi connectivity index (χ3v) is 5.48. The molecule has 8 heteroatoms. The topological polar surface area (TPSA) is 97.0 Å². The van der Waals surface area contributed by atoms with Gasteiger partial charge in [-0.1, -0.05) is 12.1 Å². The number of benzene rings is 1. The van der Waals surface area contributed by atoms with E-state index < -0.39 is 12.1 Å². The van der Waals surface area contributed by atoms with E-state index in [9.17, 15) is 14.4 Å². The van der Waals surface area contributed by atoms with Crippen LogP contribution in [0.2, 0.25) is 0 Å². The number of carbonyl (C=O) groups is 3. The van der Waals surface area contributed by atoms with Gasteiger partial charge in [0, 0.05) is 32.7 Å². The highest BCUT2D eigenvalue weighted by Crippen LogP contribution is 2.16. The molecule has 2 aliphatic rings. The lowest BCUT2D eigenvalue weighted by Crippen LogP contribution is -2.35. The van der Waals surface area contributed by atoms with Crippen LogP contribution in [0.3, 0.4) is 0 Å². The quantitative estimate of drug-likeness (QED) is 0.609. The van der Waals surface area contributed by atoms with Crippen molar-refractivity contribution in [2.75, 3.05) is 33.4 Å². The van der Waals surface area contributed by atoms with Crippen LogP contribution < -0.4 is 15.4 Å². The third-order valence-electron chi connectivity index (χ3n) is 5.48. The minimum Gasteiger partial charge on any atom is -0.497 e. The summed E-state index contributed by atoms with van der Waals surface area (Å²) in [6, 6.07) is 6.50. The second-order valence-corrected chi connectivity index (χ2v) is 7.49. The second kappa shape index (κ2) is 10.2. The Morgan fingerprint density at radius 1 is 1.24 bits per heavy atom. The largest absolute Gasteiger partial charge is 0.497 e. The minimum absolute atomic E-state index is 0.0878. The molecule has 2 heterocycles. The number of methoxy groups -OCH3 is 1. The number of hydrogen-bond donors (Lipinski definition) is 2. The summed E-state index contributed by atoms with van der Waals surface area (Å²) in [5, 5.41) is 5.62. The van der Waals surface area contributed by atoms with Crippen LogP contribution in [0.25, 0.3) is 0 Å². The van der Waals surface area contributed by atoms with Gasteiger partial charge in [0.25, 0.3) is 5.91 Å². The predicted octanol–water partition coefficient (Wildman–Crippen LogP) is 1.48. The van der Waals surface area contributed by atoms with Crippen LogP contribution in [0, 0.1) is 5.92 Å². The van der Waals surface area contributed by atoms with Crippen molar-refractivity contribution in [1.29, 1.82) is 0 Å². The third kappa shape index (κ3) is 5.93. The van der Waals surface area contributed by atoms with Gasteiger partial charge in [-0.15, -0.1) is 0 Å². The molecule has 2 fully saturated rings. The van der Waals surface area contributed by atoms with Crippen molar-refractivity contribution in [1.82, 2.24) is 15.5 Å². The van der Waals surface area contributed by atoms with Crippen molar-refractivity contribution in [3.63, 3.8) is 0 Å². The molecule has 2 N–H and O–H groups in total. The highest BCUT2D eigenvalue weighted by molar-refractivity contribution is 6.04. The molecule has 1 aromatic rings. The van der Waals surface area contributed by atoms with Gasteiger partial charge < -0.3 is 20.1 Å². The van der Waals surface area contributed by atoms with E-state index >= 15 is 0 Å². The van der Waals surface area contributed by atoms with Gasteiger partial charge in [-0.2, -0.15) is 0 Å². The monoisotopic (exact) mass is 403 g/mol. The summed E-state index contributed by atoms with van der Waals surface area (Å²) in [6.07, 6.45) is 3.01. The van der Waals surface area contributed by atoms with E-state index in [4.69, 9.17) is 9.47 Å². The Hall–Kier alpha value is -2.61. The maximum atomic E-state index is 12.5. The fourth-order valence-corrected chi connectivity index (χ4v) is 3.59. The summed E-state index contributed by atoms with van der Waals surface area (Å²) in [4.78, 5) is 38.0. The summed E-state index contributed by atoms with van der Waals surface area (Å²) < 4.78 is 10.4. The molecule has 0 radical (unpaired) electrons. The first-order valence-electron chi connectivity index (χ1n) is 10.2. The van der Waals surface area contributed by atoms with E-state index in [1.807, 2.05) is 24.3 Å². The van der Waals surface area contributed by atoms with Crippen molar-refractivity contribution in [3.05, 3.63) is 29.8 Å². The van der Waals surface area contributed by atoms with Gasteiger partial charge in [-0.3, -0.25) is 14.5 Å². The van der Waals surface area contributed by atoms with Gasteiger partial charge in [0.05, 0.1) is 7.11 Å². The zero-order chi connectivity index (χ0) is 20.6. The first kappa shape index (κ1) is 21.1. The Kier molecular flexibility index (Phi) is 7.46. The molecule has 0 unspecified atom stereocenters. The minimum atomic E-state index is -0.632. The van der Waals surface area contributed by atoms with Gasteiger partial charge in [-0.25, -0.2) is 4.79 Å². The van der Waals surface area contributed by atoms with Crippen molar-refractivity contribution >= 4 is 17.8 Å². The molecule has 158 valence electrons. The van der Waals surface area contributed by atoms with E-state index in [0.29, 0.717) is 31.8 Å². The molecule has 1 aromatic carbocycles. The van der Waals surface area contributed by atoms with Crippen molar-refractivity contribution in [2.45, 2.75) is 38.1 Å².